The number of carbonyl (C=O) groups is 1. The molecule has 0 aliphatic rings. The highest BCUT2D eigenvalue weighted by Gasteiger charge is 2.30. The van der Waals surface area contributed by atoms with E-state index >= 15 is 4.39 Å². The second-order valence-corrected chi connectivity index (χ2v) is 10.8. The number of benzene rings is 2. The lowest BCUT2D eigenvalue weighted by atomic mass is 10.0. The molecule has 0 saturated heterocycles. The van der Waals surface area contributed by atoms with E-state index in [1.165, 1.54) is 53.2 Å². The summed E-state index contributed by atoms with van der Waals surface area (Å²) in [4.78, 5) is 17.0. The minimum absolute atomic E-state index is 0.102. The maximum atomic E-state index is 15.6. The Labute approximate surface area is 268 Å². The first-order chi connectivity index (χ1) is 22.1. The van der Waals surface area contributed by atoms with Crippen LogP contribution < -0.4 is 9.57 Å². The van der Waals surface area contributed by atoms with Gasteiger partial charge in [0.25, 0.3) is 5.69 Å². The summed E-state index contributed by atoms with van der Waals surface area (Å²) in [6.45, 7) is -2.82. The summed E-state index contributed by atoms with van der Waals surface area (Å²) in [6.07, 6.45) is 7.61. The normalized spacial score (nSPS) is 12.1. The lowest BCUT2D eigenvalue weighted by Crippen LogP contribution is -2.46. The van der Waals surface area contributed by atoms with E-state index in [2.05, 4.69) is 20.5 Å². The van der Waals surface area contributed by atoms with E-state index in [0.29, 0.717) is 38.4 Å². The molecule has 11 nitrogen and oxygen atoms in total. The number of hydrogen-bond acceptors (Lipinski definition) is 6. The number of halogens is 5. The molecule has 0 spiro atoms. The van der Waals surface area contributed by atoms with Gasteiger partial charge in [0.2, 0.25) is 6.20 Å². The molecule has 0 bridgehead atoms. The highest BCUT2D eigenvalue weighted by molar-refractivity contribution is 6.31. The van der Waals surface area contributed by atoms with Crippen molar-refractivity contribution in [2.45, 2.75) is 19.0 Å². The van der Waals surface area contributed by atoms with Crippen molar-refractivity contribution in [1.29, 1.82) is 0 Å². The van der Waals surface area contributed by atoms with Crippen molar-refractivity contribution in [2.24, 2.45) is 0 Å². The zero-order valence-corrected chi connectivity index (χ0v) is 25.2. The van der Waals surface area contributed by atoms with Crippen LogP contribution in [0.2, 0.25) is 10.2 Å². The Morgan fingerprint density at radius 1 is 1.00 bits per heavy atom. The summed E-state index contributed by atoms with van der Waals surface area (Å²) in [5, 5.41) is 25.5. The lowest BCUT2D eigenvalue weighted by Gasteiger charge is -2.16. The van der Waals surface area contributed by atoms with Gasteiger partial charge >= 0.3 is 12.5 Å². The Bertz CT molecular complexity index is 2050. The van der Waals surface area contributed by atoms with E-state index < -0.39 is 24.4 Å². The minimum Gasteiger partial charge on any atom is -0.478 e. The van der Waals surface area contributed by atoms with Gasteiger partial charge in [-0.3, -0.25) is 9.52 Å². The summed E-state index contributed by atoms with van der Waals surface area (Å²) in [5.41, 5.74) is 3.18. The molecule has 46 heavy (non-hydrogen) atoms. The Morgan fingerprint density at radius 3 is 2.41 bits per heavy atom. The third-order valence-electron chi connectivity index (χ3n) is 7.21. The molecule has 0 unspecified atom stereocenters. The molecule has 0 amide bonds. The first-order valence-corrected chi connectivity index (χ1v) is 14.2. The quantitative estimate of drug-likeness (QED) is 0.186. The van der Waals surface area contributed by atoms with Crippen LogP contribution in [0.4, 0.5) is 13.2 Å². The van der Waals surface area contributed by atoms with Crippen LogP contribution in [-0.4, -0.2) is 52.7 Å². The molecule has 0 radical (unpaired) electrons. The number of aromatic nitrogens is 8. The average Bonchev–Trinajstić information content (AvgIpc) is 3.83. The van der Waals surface area contributed by atoms with Crippen LogP contribution in [0.25, 0.3) is 27.9 Å². The highest BCUT2D eigenvalue weighted by atomic mass is 35.5. The second-order valence-electron chi connectivity index (χ2n) is 9.97. The summed E-state index contributed by atoms with van der Waals surface area (Å²) in [7, 11) is 1.42. The van der Waals surface area contributed by atoms with Crippen LogP contribution in [0, 0.1) is 5.82 Å². The smallest absolute Gasteiger partial charge is 0.335 e. The fourth-order valence-electron chi connectivity index (χ4n) is 5.01. The van der Waals surface area contributed by atoms with Crippen molar-refractivity contribution in [3.8, 4) is 27.9 Å². The van der Waals surface area contributed by atoms with Crippen LogP contribution in [-0.2, 0) is 6.42 Å². The molecule has 0 saturated carbocycles. The van der Waals surface area contributed by atoms with Gasteiger partial charge in [-0.2, -0.15) is 19.0 Å². The van der Waals surface area contributed by atoms with E-state index in [1.807, 2.05) is 0 Å². The number of nitrogens with zero attached hydrogens (tertiary/aromatic N) is 8. The highest BCUT2D eigenvalue weighted by Crippen LogP contribution is 2.34. The van der Waals surface area contributed by atoms with Crippen LogP contribution in [0.1, 0.15) is 34.3 Å². The fraction of sp³-hybridized carbons (Fsp3) is 0.133. The molecule has 6 aromatic rings. The molecular weight excluding hydrogens is 648 g/mol. The lowest BCUT2D eigenvalue weighted by molar-refractivity contribution is -0.891. The molecule has 2 aromatic carbocycles. The summed E-state index contributed by atoms with van der Waals surface area (Å²) in [5.74, 6) is -1.76. The SMILES string of the molecule is CO[n+]1cc(-c2c(-n3cc(Cl)nn3)ccc(Cl)c2F)ccc1[C@H](Cc1ccn(C(F)F)n1)n1cc(-c2ccc(C(=O)O)cc2)cn1. The zero-order chi connectivity index (χ0) is 32.5. The van der Waals surface area contributed by atoms with Crippen molar-refractivity contribution >= 4 is 29.2 Å². The molecule has 4 heterocycles. The first kappa shape index (κ1) is 30.8. The van der Waals surface area contributed by atoms with Gasteiger partial charge in [-0.15, -0.1) is 5.10 Å². The van der Waals surface area contributed by atoms with E-state index in [1.54, 1.807) is 53.6 Å². The van der Waals surface area contributed by atoms with Crippen LogP contribution in [0.15, 0.2) is 85.6 Å². The molecule has 0 aliphatic carbocycles. The fourth-order valence-corrected chi connectivity index (χ4v) is 5.30. The number of carboxylic acid groups (broad SMARTS) is 1. The number of rotatable bonds is 10. The van der Waals surface area contributed by atoms with Gasteiger partial charge in [0.15, 0.2) is 11.0 Å². The molecule has 16 heteroatoms. The molecule has 0 fully saturated rings. The van der Waals surface area contributed by atoms with Crippen molar-refractivity contribution in [2.75, 3.05) is 7.11 Å². The largest absolute Gasteiger partial charge is 0.478 e. The van der Waals surface area contributed by atoms with Crippen molar-refractivity contribution < 1.29 is 32.6 Å². The van der Waals surface area contributed by atoms with Gasteiger partial charge in [-0.1, -0.05) is 40.5 Å². The van der Waals surface area contributed by atoms with Crippen LogP contribution in [0.3, 0.4) is 0 Å². The van der Waals surface area contributed by atoms with Crippen molar-refractivity contribution in [1.82, 2.24) is 34.6 Å². The molecule has 6 rings (SSSR count). The molecule has 1 N–H and O–H groups in total. The third kappa shape index (κ3) is 6.04. The molecule has 4 aromatic heterocycles. The molecule has 234 valence electrons. The maximum absolute atomic E-state index is 15.6. The summed E-state index contributed by atoms with van der Waals surface area (Å²) < 4.78 is 47.2. The van der Waals surface area contributed by atoms with E-state index in [-0.39, 0.29) is 27.7 Å². The van der Waals surface area contributed by atoms with E-state index in [0.717, 1.165) is 0 Å². The van der Waals surface area contributed by atoms with Gasteiger partial charge in [0.1, 0.15) is 13.2 Å². The molecule has 1 atom stereocenters. The number of alkyl halides is 2. The van der Waals surface area contributed by atoms with E-state index in [9.17, 15) is 18.7 Å². The minimum atomic E-state index is -2.82. The van der Waals surface area contributed by atoms with E-state index in [4.69, 9.17) is 28.0 Å². The molecule has 0 aliphatic heterocycles. The monoisotopic (exact) mass is 669 g/mol. The number of carboxylic acids is 1. The second kappa shape index (κ2) is 12.7. The summed E-state index contributed by atoms with van der Waals surface area (Å²) in [6, 6.07) is 13.4. The number of pyridine rings is 1. The Kier molecular flexibility index (Phi) is 8.47. The average molecular weight is 670 g/mol. The first-order valence-electron chi connectivity index (χ1n) is 13.5. The topological polar surface area (TPSA) is 117 Å². The van der Waals surface area contributed by atoms with Gasteiger partial charge in [-0.05, 0) is 42.0 Å². The Morgan fingerprint density at radius 2 is 1.76 bits per heavy atom. The molecular formula is C30H22Cl2F3N8O3+. The van der Waals surface area contributed by atoms with Crippen molar-refractivity contribution in [3.63, 3.8) is 0 Å². The van der Waals surface area contributed by atoms with Gasteiger partial charge in [0.05, 0.1) is 45.5 Å². The number of hydrogen-bond donors (Lipinski definition) is 1. The maximum Gasteiger partial charge on any atom is 0.335 e. The zero-order valence-electron chi connectivity index (χ0n) is 23.7. The summed E-state index contributed by atoms with van der Waals surface area (Å²) >= 11 is 12.1. The standard InChI is InChI=1S/C30H21Cl2F3N8O3/c1-46-43-15-19(27-24(9-7-22(31)28(27)33)42-16-26(32)37-39-42)6-8-23(43)25(12-21-10-11-40(38-21)30(34)35)41-14-20(13-36-41)17-2-4-18(5-3-17)29(44)45/h2-11,13-16,25,30H,12H2,1H3/p+1/t25-/m0/s1. The Balaban J connectivity index is 1.44. The predicted molar refractivity (Wildman–Crippen MR) is 159 cm³/mol. The number of aromatic carboxylic acids is 1. The van der Waals surface area contributed by atoms with Crippen LogP contribution >= 0.6 is 23.2 Å². The van der Waals surface area contributed by atoms with Gasteiger partial charge < -0.3 is 5.11 Å². The Hall–Kier alpha value is -5.21. The predicted octanol–water partition coefficient (Wildman–Crippen LogP) is 5.71. The van der Waals surface area contributed by atoms with Gasteiger partial charge in [-0.25, -0.2) is 18.5 Å². The van der Waals surface area contributed by atoms with Crippen LogP contribution in [0.5, 0.6) is 0 Å². The van der Waals surface area contributed by atoms with Crippen molar-refractivity contribution in [3.05, 3.63) is 119 Å². The van der Waals surface area contributed by atoms with Gasteiger partial charge in [0, 0.05) is 35.2 Å². The third-order valence-corrected chi connectivity index (χ3v) is 7.67.